The highest BCUT2D eigenvalue weighted by Gasteiger charge is 2.93. The molecule has 0 aliphatic carbocycles. The highest BCUT2D eigenvalue weighted by atomic mass is 35.5. The monoisotopic (exact) mass is 646 g/mol. The van der Waals surface area contributed by atoms with E-state index in [1.165, 1.54) is 0 Å². The molecule has 0 heterocycles. The van der Waals surface area contributed by atoms with Crippen LogP contribution >= 0.6 is 11.6 Å². The van der Waals surface area contributed by atoms with Gasteiger partial charge in [0.15, 0.2) is 5.83 Å². The number of alkyl halides is 16. The van der Waals surface area contributed by atoms with Crippen LogP contribution in [0.4, 0.5) is 70.2 Å². The van der Waals surface area contributed by atoms with E-state index in [0.717, 1.165) is 0 Å². The Labute approximate surface area is 222 Å². The molecule has 0 radical (unpaired) electrons. The van der Waals surface area contributed by atoms with E-state index in [1.54, 1.807) is 6.92 Å². The van der Waals surface area contributed by atoms with Gasteiger partial charge in [0.1, 0.15) is 0 Å². The van der Waals surface area contributed by atoms with Gasteiger partial charge < -0.3 is 4.74 Å². The summed E-state index contributed by atoms with van der Waals surface area (Å²) in [6.45, 7) is 1.81. The van der Waals surface area contributed by atoms with Crippen molar-refractivity contribution in [3.63, 3.8) is 0 Å². The number of carbonyl (C=O) groups excluding carboxylic acids is 1. The minimum atomic E-state index is -8.48. The second-order valence-corrected chi connectivity index (χ2v) is 9.00. The zero-order chi connectivity index (χ0) is 32.0. The lowest BCUT2D eigenvalue weighted by Crippen LogP contribution is -2.72. The summed E-state index contributed by atoms with van der Waals surface area (Å²) in [4.78, 5) is 11.1. The summed E-state index contributed by atoms with van der Waals surface area (Å²) in [5, 5.41) is -1.98. The third-order valence-electron chi connectivity index (χ3n) is 5.37. The van der Waals surface area contributed by atoms with Crippen LogP contribution < -0.4 is 0 Å². The first-order valence-electron chi connectivity index (χ1n) is 11.3. The van der Waals surface area contributed by atoms with Gasteiger partial charge in [0.25, 0.3) is 0 Å². The Morgan fingerprint density at radius 3 is 1.52 bits per heavy atom. The summed E-state index contributed by atoms with van der Waals surface area (Å²) in [5.74, 6) is -52.5. The second-order valence-electron chi connectivity index (χ2n) is 8.44. The molecule has 0 saturated heterocycles. The number of unbranched alkanes of at least 4 members (excludes halogenated alkanes) is 5. The zero-order valence-corrected chi connectivity index (χ0v) is 21.0. The van der Waals surface area contributed by atoms with Crippen LogP contribution in [-0.4, -0.2) is 59.7 Å². The van der Waals surface area contributed by atoms with Crippen molar-refractivity contribution >= 4 is 17.6 Å². The van der Waals surface area contributed by atoms with Crippen LogP contribution in [0.1, 0.15) is 58.3 Å². The lowest BCUT2D eigenvalue weighted by molar-refractivity contribution is -0.450. The average molecular weight is 647 g/mol. The summed E-state index contributed by atoms with van der Waals surface area (Å²) < 4.78 is 216. The standard InChI is InChI=1S/C21H23ClF16O2/c1-2-40-14(39)10-8-6-4-3-5-7-9-12(22)11-13(23)15(24,25)16(26,27)17(28,29)18(30,31)19(32,33)20(34,35)21(36,37)38/h11-12H,2-10H2,1H3/b13-11-. The Bertz CT molecular complexity index is 854. The van der Waals surface area contributed by atoms with E-state index >= 15 is 0 Å². The Morgan fingerprint density at radius 2 is 1.07 bits per heavy atom. The molecule has 19 heteroatoms. The van der Waals surface area contributed by atoms with E-state index in [4.69, 9.17) is 16.3 Å². The van der Waals surface area contributed by atoms with Crippen molar-refractivity contribution in [1.82, 2.24) is 0 Å². The summed E-state index contributed by atoms with van der Waals surface area (Å²) in [6, 6.07) is 0. The Balaban J connectivity index is 5.46. The van der Waals surface area contributed by atoms with Gasteiger partial charge in [-0.1, -0.05) is 32.1 Å². The largest absolute Gasteiger partial charge is 0.466 e. The molecule has 0 saturated carbocycles. The van der Waals surface area contributed by atoms with Crippen molar-refractivity contribution in [3.8, 4) is 0 Å². The number of hydrogen-bond acceptors (Lipinski definition) is 2. The normalized spacial score (nSPS) is 15.8. The molecule has 1 unspecified atom stereocenters. The van der Waals surface area contributed by atoms with Crippen molar-refractivity contribution in [2.24, 2.45) is 0 Å². The Kier molecular flexibility index (Phi) is 13.0. The molecule has 0 aliphatic rings. The van der Waals surface area contributed by atoms with E-state index in [0.29, 0.717) is 25.7 Å². The quantitative estimate of drug-likeness (QED) is 0.0681. The molecule has 0 aliphatic heterocycles. The molecule has 238 valence electrons. The van der Waals surface area contributed by atoms with Crippen LogP contribution in [0.5, 0.6) is 0 Å². The molecule has 0 amide bonds. The molecule has 0 N–H and O–H groups in total. The third kappa shape index (κ3) is 7.81. The predicted molar refractivity (Wildman–Crippen MR) is 108 cm³/mol. The van der Waals surface area contributed by atoms with E-state index in [-0.39, 0.29) is 25.9 Å². The molecule has 0 bridgehead atoms. The van der Waals surface area contributed by atoms with Gasteiger partial charge >= 0.3 is 47.7 Å². The minimum absolute atomic E-state index is 0.00916. The number of halogens is 17. The molecule has 0 spiro atoms. The molecule has 0 aromatic carbocycles. The van der Waals surface area contributed by atoms with Crippen LogP contribution in [0.2, 0.25) is 0 Å². The molecular weight excluding hydrogens is 624 g/mol. The maximum absolute atomic E-state index is 13.8. The molecule has 0 aromatic rings. The lowest BCUT2D eigenvalue weighted by atomic mass is 9.90. The number of carbonyl (C=O) groups is 1. The Hall–Kier alpha value is -1.62. The van der Waals surface area contributed by atoms with Crippen molar-refractivity contribution < 1.29 is 79.8 Å². The van der Waals surface area contributed by atoms with E-state index in [9.17, 15) is 75.0 Å². The topological polar surface area (TPSA) is 26.3 Å². The molecule has 0 rings (SSSR count). The fourth-order valence-electron chi connectivity index (χ4n) is 3.01. The number of esters is 1. The van der Waals surface area contributed by atoms with Crippen LogP contribution in [0, 0.1) is 0 Å². The van der Waals surface area contributed by atoms with Gasteiger partial charge in [-0.15, -0.1) is 11.6 Å². The van der Waals surface area contributed by atoms with Crippen LogP contribution in [0.3, 0.4) is 0 Å². The highest BCUT2D eigenvalue weighted by Crippen LogP contribution is 2.63. The van der Waals surface area contributed by atoms with Gasteiger partial charge in [-0.3, -0.25) is 4.79 Å². The first-order valence-corrected chi connectivity index (χ1v) is 11.7. The maximum Gasteiger partial charge on any atom is 0.460 e. The number of allylic oxidation sites excluding steroid dienone is 2. The predicted octanol–water partition coefficient (Wildman–Crippen LogP) is 9.51. The van der Waals surface area contributed by atoms with Crippen LogP contribution in [-0.2, 0) is 9.53 Å². The first kappa shape index (κ1) is 38.4. The SMILES string of the molecule is CCOC(=O)CCCCCCCCC(Cl)/C=C(\F)C(F)(F)C(F)(F)C(F)(F)C(F)(F)C(F)(F)C(F)(F)C(F)(F)F. The van der Waals surface area contributed by atoms with Gasteiger partial charge in [-0.2, -0.15) is 65.9 Å². The van der Waals surface area contributed by atoms with Crippen molar-refractivity contribution in [3.05, 3.63) is 11.9 Å². The van der Waals surface area contributed by atoms with E-state index in [1.807, 2.05) is 0 Å². The fourth-order valence-corrected chi connectivity index (χ4v) is 3.28. The van der Waals surface area contributed by atoms with E-state index in [2.05, 4.69) is 0 Å². The minimum Gasteiger partial charge on any atom is -0.466 e. The van der Waals surface area contributed by atoms with Crippen molar-refractivity contribution in [2.45, 2.75) is 105 Å². The van der Waals surface area contributed by atoms with Gasteiger partial charge in [0, 0.05) is 6.42 Å². The maximum atomic E-state index is 13.8. The molecule has 1 atom stereocenters. The van der Waals surface area contributed by atoms with Crippen LogP contribution in [0.25, 0.3) is 0 Å². The van der Waals surface area contributed by atoms with Gasteiger partial charge in [0.05, 0.1) is 12.0 Å². The first-order chi connectivity index (χ1) is 17.8. The highest BCUT2D eigenvalue weighted by molar-refractivity contribution is 6.21. The smallest absolute Gasteiger partial charge is 0.460 e. The summed E-state index contributed by atoms with van der Waals surface area (Å²) in [6.07, 6.45) is -6.41. The molecule has 40 heavy (non-hydrogen) atoms. The second kappa shape index (κ2) is 13.6. The number of rotatable bonds is 17. The summed E-state index contributed by atoms with van der Waals surface area (Å²) in [5.41, 5.74) is 0. The lowest BCUT2D eigenvalue weighted by Gasteiger charge is -2.41. The van der Waals surface area contributed by atoms with Crippen molar-refractivity contribution in [1.29, 1.82) is 0 Å². The zero-order valence-electron chi connectivity index (χ0n) is 20.3. The van der Waals surface area contributed by atoms with E-state index < -0.39 is 71.4 Å². The molecular formula is C21H23ClF16O2. The van der Waals surface area contributed by atoms with Crippen LogP contribution in [0.15, 0.2) is 11.9 Å². The van der Waals surface area contributed by atoms with Gasteiger partial charge in [-0.05, 0) is 25.8 Å². The summed E-state index contributed by atoms with van der Waals surface area (Å²) >= 11 is 5.42. The number of hydrogen-bond donors (Lipinski definition) is 0. The molecule has 0 fully saturated rings. The fraction of sp³-hybridized carbons (Fsp3) is 0.857. The molecule has 0 aromatic heterocycles. The summed E-state index contributed by atoms with van der Waals surface area (Å²) in [7, 11) is 0. The number of ether oxygens (including phenoxy) is 1. The average Bonchev–Trinajstić information content (AvgIpc) is 2.79. The van der Waals surface area contributed by atoms with Gasteiger partial charge in [0.2, 0.25) is 0 Å². The Morgan fingerprint density at radius 1 is 0.675 bits per heavy atom. The van der Waals surface area contributed by atoms with Crippen molar-refractivity contribution in [2.75, 3.05) is 6.61 Å². The van der Waals surface area contributed by atoms with Gasteiger partial charge in [-0.25, -0.2) is 4.39 Å². The third-order valence-corrected chi connectivity index (χ3v) is 5.72. The molecule has 2 nitrogen and oxygen atoms in total.